The van der Waals surface area contributed by atoms with Crippen molar-refractivity contribution in [1.29, 1.82) is 0 Å². The van der Waals surface area contributed by atoms with Gasteiger partial charge < -0.3 is 11.1 Å². The Morgan fingerprint density at radius 1 is 1.16 bits per heavy atom. The number of nitrogens with zero attached hydrogens (tertiary/aromatic N) is 2. The van der Waals surface area contributed by atoms with E-state index in [4.69, 9.17) is 10.7 Å². The normalized spacial score (nSPS) is 17.8. The van der Waals surface area contributed by atoms with Crippen LogP contribution in [-0.4, -0.2) is 22.1 Å². The van der Waals surface area contributed by atoms with E-state index in [1.165, 1.54) is 12.8 Å². The fourth-order valence-electron chi connectivity index (χ4n) is 2.89. The van der Waals surface area contributed by atoms with E-state index in [2.05, 4.69) is 10.3 Å². The first-order chi connectivity index (χ1) is 9.22. The molecule has 1 heterocycles. The average molecular weight is 256 g/mol. The minimum absolute atomic E-state index is 0.0158. The number of para-hydroxylation sites is 2. The zero-order valence-corrected chi connectivity index (χ0v) is 11.3. The fourth-order valence-corrected chi connectivity index (χ4v) is 2.89. The van der Waals surface area contributed by atoms with Gasteiger partial charge in [0, 0.05) is 6.54 Å². The zero-order valence-electron chi connectivity index (χ0n) is 11.3. The molecule has 1 aromatic heterocycles. The maximum atomic E-state index is 5.97. The topological polar surface area (TPSA) is 63.8 Å². The summed E-state index contributed by atoms with van der Waals surface area (Å²) in [7, 11) is 0. The van der Waals surface area contributed by atoms with E-state index in [0.717, 1.165) is 35.4 Å². The van der Waals surface area contributed by atoms with Crippen LogP contribution in [0.25, 0.3) is 11.0 Å². The van der Waals surface area contributed by atoms with Crippen LogP contribution >= 0.6 is 0 Å². The number of nitrogens with one attached hydrogen (secondary N) is 1. The average Bonchev–Trinajstić information content (AvgIpc) is 2.89. The Morgan fingerprint density at radius 3 is 2.42 bits per heavy atom. The van der Waals surface area contributed by atoms with Crippen molar-refractivity contribution in [2.75, 3.05) is 11.9 Å². The largest absolute Gasteiger partial charge is 0.362 e. The number of benzene rings is 1. The van der Waals surface area contributed by atoms with E-state index in [0.29, 0.717) is 6.54 Å². The highest BCUT2D eigenvalue weighted by atomic mass is 15.1. The van der Waals surface area contributed by atoms with Gasteiger partial charge >= 0.3 is 0 Å². The number of hydrogen-bond donors (Lipinski definition) is 2. The Hall–Kier alpha value is -1.68. The summed E-state index contributed by atoms with van der Waals surface area (Å²) in [5.74, 6) is 0.881. The molecule has 3 N–H and O–H groups in total. The van der Waals surface area contributed by atoms with Crippen LogP contribution in [0.1, 0.15) is 31.4 Å². The maximum Gasteiger partial charge on any atom is 0.148 e. The van der Waals surface area contributed by atoms with Gasteiger partial charge in [0.15, 0.2) is 0 Å². The molecule has 1 saturated carbocycles. The number of fused-ring (bicyclic) bond motifs is 1. The second kappa shape index (κ2) is 4.78. The van der Waals surface area contributed by atoms with Gasteiger partial charge in [-0.15, -0.1) is 0 Å². The number of hydrogen-bond acceptors (Lipinski definition) is 4. The van der Waals surface area contributed by atoms with Crippen LogP contribution in [0, 0.1) is 6.92 Å². The van der Waals surface area contributed by atoms with Gasteiger partial charge in [-0.3, -0.25) is 0 Å². The number of aromatic nitrogens is 2. The van der Waals surface area contributed by atoms with Crippen molar-refractivity contribution in [3.8, 4) is 0 Å². The lowest BCUT2D eigenvalue weighted by atomic mass is 9.98. The van der Waals surface area contributed by atoms with E-state index >= 15 is 0 Å². The van der Waals surface area contributed by atoms with Crippen molar-refractivity contribution in [1.82, 2.24) is 9.97 Å². The lowest BCUT2D eigenvalue weighted by Gasteiger charge is -2.29. The monoisotopic (exact) mass is 256 g/mol. The van der Waals surface area contributed by atoms with Crippen LogP contribution in [0.15, 0.2) is 24.3 Å². The first-order valence-corrected chi connectivity index (χ1v) is 6.94. The summed E-state index contributed by atoms with van der Waals surface area (Å²) in [6, 6.07) is 7.97. The van der Waals surface area contributed by atoms with E-state index in [-0.39, 0.29) is 5.54 Å². The third-order valence-corrected chi connectivity index (χ3v) is 4.08. The Bertz CT molecular complexity index is 588. The molecule has 0 radical (unpaired) electrons. The second-order valence-electron chi connectivity index (χ2n) is 5.46. The van der Waals surface area contributed by atoms with Gasteiger partial charge in [-0.05, 0) is 31.9 Å². The van der Waals surface area contributed by atoms with Gasteiger partial charge in [-0.1, -0.05) is 25.0 Å². The lowest BCUT2D eigenvalue weighted by Crippen LogP contribution is -2.43. The van der Waals surface area contributed by atoms with Crippen molar-refractivity contribution < 1.29 is 0 Å². The van der Waals surface area contributed by atoms with Crippen molar-refractivity contribution in [2.24, 2.45) is 5.73 Å². The molecule has 0 amide bonds. The molecule has 0 saturated heterocycles. The van der Waals surface area contributed by atoms with E-state index in [1.54, 1.807) is 0 Å². The van der Waals surface area contributed by atoms with Crippen molar-refractivity contribution in [2.45, 2.75) is 38.1 Å². The molecule has 3 rings (SSSR count). The SMILES string of the molecule is Cc1nc2ccccc2nc1NC1(CN)CCCC1. The first kappa shape index (κ1) is 12.4. The molecule has 100 valence electrons. The smallest absolute Gasteiger partial charge is 0.148 e. The van der Waals surface area contributed by atoms with Gasteiger partial charge in [0.05, 0.1) is 22.3 Å². The van der Waals surface area contributed by atoms with Gasteiger partial charge in [0.25, 0.3) is 0 Å². The molecule has 1 aliphatic rings. The highest BCUT2D eigenvalue weighted by Crippen LogP contribution is 2.32. The molecule has 2 aromatic rings. The van der Waals surface area contributed by atoms with Crippen molar-refractivity contribution in [3.05, 3.63) is 30.0 Å². The van der Waals surface area contributed by atoms with Crippen LogP contribution in [0.4, 0.5) is 5.82 Å². The summed E-state index contributed by atoms with van der Waals surface area (Å²) in [5.41, 5.74) is 8.80. The second-order valence-corrected chi connectivity index (χ2v) is 5.46. The fraction of sp³-hybridized carbons (Fsp3) is 0.467. The van der Waals surface area contributed by atoms with Crippen LogP contribution in [0.3, 0.4) is 0 Å². The molecule has 19 heavy (non-hydrogen) atoms. The number of aryl methyl sites for hydroxylation is 1. The van der Waals surface area contributed by atoms with Gasteiger partial charge in [-0.25, -0.2) is 9.97 Å². The quantitative estimate of drug-likeness (QED) is 0.886. The van der Waals surface area contributed by atoms with Gasteiger partial charge in [-0.2, -0.15) is 0 Å². The highest BCUT2D eigenvalue weighted by Gasteiger charge is 2.33. The molecule has 0 spiro atoms. The summed E-state index contributed by atoms with van der Waals surface area (Å²) in [5, 5.41) is 3.57. The van der Waals surface area contributed by atoms with Gasteiger partial charge in [0.2, 0.25) is 0 Å². The first-order valence-electron chi connectivity index (χ1n) is 6.94. The van der Waals surface area contributed by atoms with E-state index in [1.807, 2.05) is 31.2 Å². The molecule has 0 unspecified atom stereocenters. The van der Waals surface area contributed by atoms with E-state index in [9.17, 15) is 0 Å². The van der Waals surface area contributed by atoms with Crippen LogP contribution in [0.2, 0.25) is 0 Å². The molecule has 0 bridgehead atoms. The summed E-state index contributed by atoms with van der Waals surface area (Å²) >= 11 is 0. The van der Waals surface area contributed by atoms with Crippen molar-refractivity contribution >= 4 is 16.9 Å². The number of rotatable bonds is 3. The molecular formula is C15H20N4. The molecule has 4 nitrogen and oxygen atoms in total. The predicted octanol–water partition coefficient (Wildman–Crippen LogP) is 2.62. The van der Waals surface area contributed by atoms with E-state index < -0.39 is 0 Å². The molecule has 0 atom stereocenters. The number of nitrogens with two attached hydrogens (primary N) is 1. The van der Waals surface area contributed by atoms with Gasteiger partial charge in [0.1, 0.15) is 5.82 Å². The molecule has 4 heteroatoms. The number of anilines is 1. The summed E-state index contributed by atoms with van der Waals surface area (Å²) in [6.45, 7) is 2.65. The summed E-state index contributed by atoms with van der Waals surface area (Å²) < 4.78 is 0. The Morgan fingerprint density at radius 2 is 1.79 bits per heavy atom. The molecule has 1 aromatic carbocycles. The summed E-state index contributed by atoms with van der Waals surface area (Å²) in [6.07, 6.45) is 4.73. The Labute approximate surface area is 113 Å². The van der Waals surface area contributed by atoms with Crippen LogP contribution in [-0.2, 0) is 0 Å². The van der Waals surface area contributed by atoms with Crippen LogP contribution in [0.5, 0.6) is 0 Å². The standard InChI is InChI=1S/C15H20N4/c1-11-14(19-15(10-16)8-4-5-9-15)18-13-7-3-2-6-12(13)17-11/h2-3,6-7H,4-5,8-10,16H2,1H3,(H,18,19). The zero-order chi connectivity index (χ0) is 13.3. The molecular weight excluding hydrogens is 236 g/mol. The van der Waals surface area contributed by atoms with Crippen molar-refractivity contribution in [3.63, 3.8) is 0 Å². The molecule has 1 aliphatic carbocycles. The lowest BCUT2D eigenvalue weighted by molar-refractivity contribution is 0.491. The minimum Gasteiger partial charge on any atom is -0.362 e. The molecule has 1 fully saturated rings. The third kappa shape index (κ3) is 2.28. The van der Waals surface area contributed by atoms with Crippen LogP contribution < -0.4 is 11.1 Å². The minimum atomic E-state index is 0.0158. The maximum absolute atomic E-state index is 5.97. The highest BCUT2D eigenvalue weighted by molar-refractivity contribution is 5.76. The summed E-state index contributed by atoms with van der Waals surface area (Å²) in [4.78, 5) is 9.32. The Balaban J connectivity index is 1.98. The molecule has 0 aliphatic heterocycles. The third-order valence-electron chi connectivity index (χ3n) is 4.08. The Kier molecular flexibility index (Phi) is 3.11. The predicted molar refractivity (Wildman–Crippen MR) is 78.2 cm³/mol.